The van der Waals surface area contributed by atoms with Crippen LogP contribution in [0.25, 0.3) is 0 Å². The number of ether oxygens (including phenoxy) is 8. The molecule has 0 spiro atoms. The molecule has 0 radical (unpaired) electrons. The zero-order valence-electron chi connectivity index (χ0n) is 42.1. The second-order valence-electron chi connectivity index (χ2n) is 17.4. The van der Waals surface area contributed by atoms with Gasteiger partial charge in [0, 0.05) is 43.9 Å². The summed E-state index contributed by atoms with van der Waals surface area (Å²) < 4.78 is 44.4. The van der Waals surface area contributed by atoms with Crippen LogP contribution in [0.3, 0.4) is 0 Å². The van der Waals surface area contributed by atoms with Crippen LogP contribution in [0.5, 0.6) is 0 Å². The van der Waals surface area contributed by atoms with Gasteiger partial charge in [0.05, 0.1) is 98.4 Å². The highest BCUT2D eigenvalue weighted by molar-refractivity contribution is 6.12. The number of esters is 1. The Morgan fingerprint density at radius 1 is 0.620 bits per heavy atom. The van der Waals surface area contributed by atoms with Gasteiger partial charge >= 0.3 is 5.97 Å². The Balaban J connectivity index is 1.65. The van der Waals surface area contributed by atoms with Crippen LogP contribution in [0.2, 0.25) is 0 Å². The van der Waals surface area contributed by atoms with E-state index in [9.17, 15) is 38.4 Å². The summed E-state index contributed by atoms with van der Waals surface area (Å²) in [5.41, 5.74) is 1.17. The number of hydrogen-bond donors (Lipinski definition) is 3. The Morgan fingerprint density at radius 2 is 1.11 bits per heavy atom. The van der Waals surface area contributed by atoms with E-state index in [0.717, 1.165) is 15.4 Å². The zero-order valence-corrected chi connectivity index (χ0v) is 42.1. The van der Waals surface area contributed by atoms with Gasteiger partial charge in [-0.25, -0.2) is 0 Å². The topological polar surface area (TPSA) is 256 Å². The minimum Gasteiger partial charge on any atom is -0.461 e. The molecule has 398 valence electrons. The summed E-state index contributed by atoms with van der Waals surface area (Å²) in [4.78, 5) is 108. The highest BCUT2D eigenvalue weighted by atomic mass is 16.6. The lowest BCUT2D eigenvalue weighted by molar-refractivity contribution is -0.148. The predicted octanol–water partition coefficient (Wildman–Crippen LogP) is 1.24. The maximum atomic E-state index is 14.0. The molecule has 22 nitrogen and oxygen atoms in total. The Labute approximate surface area is 417 Å². The molecule has 0 aliphatic carbocycles. The summed E-state index contributed by atoms with van der Waals surface area (Å²) in [6.07, 6.45) is 3.62. The lowest BCUT2D eigenvalue weighted by Gasteiger charge is -2.29. The van der Waals surface area contributed by atoms with Gasteiger partial charge in [-0.2, -0.15) is 0 Å². The van der Waals surface area contributed by atoms with Gasteiger partial charge in [-0.05, 0) is 43.4 Å². The first-order chi connectivity index (χ1) is 34.2. The Kier molecular flexibility index (Phi) is 29.4. The van der Waals surface area contributed by atoms with Crippen LogP contribution in [0.15, 0.2) is 36.4 Å². The van der Waals surface area contributed by atoms with Gasteiger partial charge in [0.2, 0.25) is 29.5 Å². The van der Waals surface area contributed by atoms with Crippen molar-refractivity contribution in [2.45, 2.75) is 79.0 Å². The number of nitrogens with zero attached hydrogens (tertiary/aromatic N) is 3. The highest BCUT2D eigenvalue weighted by Crippen LogP contribution is 2.13. The van der Waals surface area contributed by atoms with E-state index < -0.39 is 72.4 Å². The number of anilines is 1. The molecule has 0 bridgehead atoms. The Hall–Kier alpha value is -5.36. The van der Waals surface area contributed by atoms with Crippen LogP contribution in [0.4, 0.5) is 5.69 Å². The summed E-state index contributed by atoms with van der Waals surface area (Å²) >= 11 is 0. The summed E-state index contributed by atoms with van der Waals surface area (Å²) in [7, 11) is 0. The third-order valence-electron chi connectivity index (χ3n) is 10.9. The van der Waals surface area contributed by atoms with Gasteiger partial charge in [-0.3, -0.25) is 43.3 Å². The molecule has 1 saturated heterocycles. The minimum atomic E-state index is -1.12. The van der Waals surface area contributed by atoms with E-state index in [-0.39, 0.29) is 71.0 Å². The lowest BCUT2D eigenvalue weighted by atomic mass is 10.0. The SMILES string of the molecule is CC(C)C(=O)OCc1ccc(NC(=O)[C@H](C)NC(=O)[C@@H](NC(=O)CN(CC(=O)N2CCOCCOCCOCCOCCOCCOCCOCC2)C(=O)CCCCCN2C(=O)C=CC2=O)C(C)C)cc1. The molecule has 3 rings (SSSR count). The monoisotopic (exact) mass is 1000 g/mol. The quantitative estimate of drug-likeness (QED) is 0.100. The van der Waals surface area contributed by atoms with Gasteiger partial charge in [0.15, 0.2) is 0 Å². The van der Waals surface area contributed by atoms with Crippen LogP contribution in [0.1, 0.15) is 65.9 Å². The summed E-state index contributed by atoms with van der Waals surface area (Å²) in [6, 6.07) is 4.54. The van der Waals surface area contributed by atoms with Crippen LogP contribution in [-0.2, 0) is 82.9 Å². The van der Waals surface area contributed by atoms with E-state index in [1.54, 1.807) is 52.0 Å². The molecule has 7 amide bonds. The predicted molar refractivity (Wildman–Crippen MR) is 257 cm³/mol. The normalized spacial score (nSPS) is 17.5. The summed E-state index contributed by atoms with van der Waals surface area (Å²) in [5, 5.41) is 8.08. The fraction of sp³-hybridized carbons (Fsp3) is 0.673. The molecule has 1 aromatic carbocycles. The van der Waals surface area contributed by atoms with Gasteiger partial charge < -0.3 is 63.6 Å². The number of unbranched alkanes of at least 4 members (excludes halogenated alkanes) is 2. The van der Waals surface area contributed by atoms with Crippen molar-refractivity contribution in [3.8, 4) is 0 Å². The number of carbonyl (C=O) groups is 8. The van der Waals surface area contributed by atoms with Crippen LogP contribution >= 0.6 is 0 Å². The van der Waals surface area contributed by atoms with E-state index in [1.165, 1.54) is 24.0 Å². The minimum absolute atomic E-state index is 0.0498. The molecule has 0 unspecified atom stereocenters. The van der Waals surface area contributed by atoms with Crippen molar-refractivity contribution in [3.05, 3.63) is 42.0 Å². The van der Waals surface area contributed by atoms with Gasteiger partial charge in [-0.1, -0.05) is 46.2 Å². The zero-order chi connectivity index (χ0) is 51.8. The number of amides is 7. The van der Waals surface area contributed by atoms with Crippen molar-refractivity contribution >= 4 is 53.0 Å². The maximum absolute atomic E-state index is 14.0. The first-order valence-corrected chi connectivity index (χ1v) is 24.5. The summed E-state index contributed by atoms with van der Waals surface area (Å²) in [6.45, 7) is 12.4. The number of rotatable bonds is 19. The molecular weight excluding hydrogens is 929 g/mol. The fourth-order valence-corrected chi connectivity index (χ4v) is 6.71. The van der Waals surface area contributed by atoms with Crippen molar-refractivity contribution in [3.63, 3.8) is 0 Å². The number of nitrogens with one attached hydrogen (secondary N) is 3. The van der Waals surface area contributed by atoms with E-state index in [4.69, 9.17) is 37.9 Å². The Morgan fingerprint density at radius 3 is 1.59 bits per heavy atom. The second-order valence-corrected chi connectivity index (χ2v) is 17.4. The smallest absolute Gasteiger partial charge is 0.308 e. The average molecular weight is 1010 g/mol. The maximum Gasteiger partial charge on any atom is 0.308 e. The Bertz CT molecular complexity index is 1810. The molecule has 1 fully saturated rings. The third-order valence-corrected chi connectivity index (χ3v) is 10.9. The van der Waals surface area contributed by atoms with E-state index in [0.29, 0.717) is 91.0 Å². The van der Waals surface area contributed by atoms with Crippen LogP contribution in [0, 0.1) is 11.8 Å². The second kappa shape index (κ2) is 34.9. The molecule has 71 heavy (non-hydrogen) atoms. The summed E-state index contributed by atoms with van der Waals surface area (Å²) in [5.74, 6) is -4.71. The average Bonchev–Trinajstić information content (AvgIpc) is 3.66. The third kappa shape index (κ3) is 25.0. The van der Waals surface area contributed by atoms with Gasteiger partial charge in [0.1, 0.15) is 31.8 Å². The number of carbonyl (C=O) groups excluding carboxylic acids is 8. The van der Waals surface area contributed by atoms with Crippen molar-refractivity contribution < 1.29 is 76.3 Å². The first-order valence-electron chi connectivity index (χ1n) is 24.5. The number of benzene rings is 1. The van der Waals surface area contributed by atoms with E-state index >= 15 is 0 Å². The van der Waals surface area contributed by atoms with Crippen molar-refractivity contribution in [1.29, 1.82) is 0 Å². The molecule has 0 aromatic heterocycles. The highest BCUT2D eigenvalue weighted by Gasteiger charge is 2.30. The van der Waals surface area contributed by atoms with Crippen molar-refractivity contribution in [2.75, 3.05) is 131 Å². The van der Waals surface area contributed by atoms with Gasteiger partial charge in [0.25, 0.3) is 11.8 Å². The molecular formula is C49H76N6O16. The lowest BCUT2D eigenvalue weighted by Crippen LogP contribution is -2.56. The first kappa shape index (κ1) is 59.9. The molecule has 2 atom stereocenters. The molecule has 0 saturated carbocycles. The largest absolute Gasteiger partial charge is 0.461 e. The molecule has 3 N–H and O–H groups in total. The standard InChI is InChI=1S/C49H76N6O16/c1-36(2)46(48(62)50-38(5)47(61)51-40-12-10-39(11-13-40)35-71-49(63)37(3)4)52-41(56)33-54(42(57)9-7-6-8-16-55-43(58)14-15-44(55)59)34-45(60)53-17-19-64-21-23-66-25-27-68-29-31-70-32-30-69-28-26-67-24-22-65-20-18-53/h10-15,36-38,46H,6-9,16-35H2,1-5H3,(H,50,62)(H,51,61)(H,52,56)/t38-,46-/m0/s1. The molecule has 2 aliphatic rings. The molecule has 22 heteroatoms. The van der Waals surface area contributed by atoms with Gasteiger partial charge in [-0.15, -0.1) is 0 Å². The van der Waals surface area contributed by atoms with Crippen molar-refractivity contribution in [1.82, 2.24) is 25.3 Å². The van der Waals surface area contributed by atoms with Crippen LogP contribution in [-0.4, -0.2) is 199 Å². The van der Waals surface area contributed by atoms with Crippen molar-refractivity contribution in [2.24, 2.45) is 11.8 Å². The van der Waals surface area contributed by atoms with Crippen LogP contribution < -0.4 is 16.0 Å². The molecule has 2 aliphatic heterocycles. The molecule has 2 heterocycles. The number of imide groups is 1. The fourth-order valence-electron chi connectivity index (χ4n) is 6.71. The van der Waals surface area contributed by atoms with E-state index in [1.807, 2.05) is 0 Å². The van der Waals surface area contributed by atoms with E-state index in [2.05, 4.69) is 16.0 Å². The number of hydrogen-bond acceptors (Lipinski definition) is 16. The molecule has 1 aromatic rings.